The van der Waals surface area contributed by atoms with Crippen molar-refractivity contribution in [3.63, 3.8) is 0 Å². The number of nitrogens with one attached hydrogen (secondary N) is 1. The molecule has 0 spiro atoms. The zero-order valence-corrected chi connectivity index (χ0v) is 14.2. The highest BCUT2D eigenvalue weighted by Crippen LogP contribution is 2.33. The van der Waals surface area contributed by atoms with Crippen molar-refractivity contribution >= 4 is 17.6 Å². The number of rotatable bonds is 5. The van der Waals surface area contributed by atoms with E-state index >= 15 is 0 Å². The van der Waals surface area contributed by atoms with Gasteiger partial charge in [-0.1, -0.05) is 41.9 Å². The van der Waals surface area contributed by atoms with Crippen LogP contribution in [0, 0.1) is 0 Å². The average Bonchev–Trinajstić information content (AvgIpc) is 2.92. The molecule has 7 heteroatoms. The van der Waals surface area contributed by atoms with E-state index in [-0.39, 0.29) is 0 Å². The van der Waals surface area contributed by atoms with Crippen molar-refractivity contribution in [2.45, 2.75) is 13.5 Å². The Kier molecular flexibility index (Phi) is 4.78. The van der Waals surface area contributed by atoms with Crippen molar-refractivity contribution < 1.29 is 14.3 Å². The van der Waals surface area contributed by atoms with E-state index in [1.165, 1.54) is 0 Å². The van der Waals surface area contributed by atoms with E-state index in [0.717, 1.165) is 5.56 Å². The van der Waals surface area contributed by atoms with Crippen LogP contribution < -0.4 is 5.53 Å². The van der Waals surface area contributed by atoms with Crippen LogP contribution in [0.25, 0.3) is 0 Å². The fourth-order valence-corrected chi connectivity index (χ4v) is 2.70. The Morgan fingerprint density at radius 3 is 2.71 bits per heavy atom. The molecule has 0 aromatic heterocycles. The molecule has 6 nitrogen and oxygen atoms in total. The highest BCUT2D eigenvalue weighted by molar-refractivity contribution is 6.29. The van der Waals surface area contributed by atoms with Crippen molar-refractivity contribution in [1.82, 2.24) is 15.6 Å². The molecular weight excluding hydrogens is 330 g/mol. The Balaban J connectivity index is 1.79. The second-order valence-electron chi connectivity index (χ2n) is 5.21. The second-order valence-corrected chi connectivity index (χ2v) is 5.57. The molecule has 1 N–H and O–H groups in total. The number of halogens is 1. The summed E-state index contributed by atoms with van der Waals surface area (Å²) in [6, 6.07) is 9.82. The minimum atomic E-state index is -0.409. The molecule has 2 aliphatic heterocycles. The minimum absolute atomic E-state index is 0.308. The molecule has 1 aromatic rings. The van der Waals surface area contributed by atoms with Gasteiger partial charge in [-0.25, -0.2) is 9.80 Å². The van der Waals surface area contributed by atoms with Crippen LogP contribution in [-0.4, -0.2) is 29.6 Å². The van der Waals surface area contributed by atoms with Crippen molar-refractivity contribution in [3.8, 4) is 0 Å². The number of esters is 1. The Morgan fingerprint density at radius 1 is 1.25 bits per heavy atom. The molecule has 0 amide bonds. The zero-order chi connectivity index (χ0) is 17.1. The summed E-state index contributed by atoms with van der Waals surface area (Å²) in [5.41, 5.74) is 5.05. The van der Waals surface area contributed by atoms with Gasteiger partial charge < -0.3 is 9.47 Å². The van der Waals surface area contributed by atoms with Gasteiger partial charge in [-0.3, -0.25) is 5.01 Å². The number of hydrogen-bond acceptors (Lipinski definition) is 6. The molecule has 0 fully saturated rings. The summed E-state index contributed by atoms with van der Waals surface area (Å²) < 4.78 is 10.9. The van der Waals surface area contributed by atoms with Crippen LogP contribution in [0.2, 0.25) is 0 Å². The highest BCUT2D eigenvalue weighted by Gasteiger charge is 2.35. The number of allylic oxidation sites excluding steroid dienone is 2. The fourth-order valence-electron chi connectivity index (χ4n) is 2.45. The number of fused-ring (bicyclic) bond motifs is 1. The van der Waals surface area contributed by atoms with E-state index in [4.69, 9.17) is 21.1 Å². The first kappa shape index (κ1) is 16.4. The largest absolute Gasteiger partial charge is 0.486 e. The van der Waals surface area contributed by atoms with E-state index in [1.807, 2.05) is 30.3 Å². The third-order valence-corrected chi connectivity index (χ3v) is 3.92. The Bertz CT molecular complexity index is 728. The van der Waals surface area contributed by atoms with E-state index < -0.39 is 5.97 Å². The van der Waals surface area contributed by atoms with Gasteiger partial charge >= 0.3 is 5.97 Å². The van der Waals surface area contributed by atoms with Crippen LogP contribution in [0.1, 0.15) is 12.5 Å². The quantitative estimate of drug-likeness (QED) is 0.653. The topological polar surface area (TPSA) is 54.0 Å². The standard InChI is InChI=1S/C17H18ClN3O3/c1-3-23-17(22)15-13-9-10-14(16(18)21(13)19-20(15)2)24-11-12-7-5-4-6-8-12/h4-10,19H,3,11H2,1-2H3. The SMILES string of the molecule is CCOC(=O)C1=C2C=CC(OCc3ccccc3)=C(Cl)N2NN1C. The summed E-state index contributed by atoms with van der Waals surface area (Å²) >= 11 is 6.42. The number of carbonyl (C=O) groups is 1. The second kappa shape index (κ2) is 6.98. The predicted octanol–water partition coefficient (Wildman–Crippen LogP) is 2.62. The van der Waals surface area contributed by atoms with Crippen molar-refractivity contribution in [2.24, 2.45) is 0 Å². The molecule has 0 saturated carbocycles. The van der Waals surface area contributed by atoms with Crippen LogP contribution in [-0.2, 0) is 20.9 Å². The number of hydrogen-bond donors (Lipinski definition) is 1. The van der Waals surface area contributed by atoms with Gasteiger partial charge in [0.2, 0.25) is 0 Å². The van der Waals surface area contributed by atoms with Crippen molar-refractivity contribution in [2.75, 3.05) is 13.7 Å². The number of benzene rings is 1. The monoisotopic (exact) mass is 347 g/mol. The molecular formula is C17H18ClN3O3. The third-order valence-electron chi connectivity index (χ3n) is 3.57. The van der Waals surface area contributed by atoms with Crippen LogP contribution >= 0.6 is 11.6 Å². The predicted molar refractivity (Wildman–Crippen MR) is 89.6 cm³/mol. The van der Waals surface area contributed by atoms with E-state index in [0.29, 0.717) is 35.5 Å². The van der Waals surface area contributed by atoms with Gasteiger partial charge in [0.15, 0.2) is 16.6 Å². The summed E-state index contributed by atoms with van der Waals surface area (Å²) in [5.74, 6) is 0.114. The Morgan fingerprint density at radius 2 is 2.00 bits per heavy atom. The van der Waals surface area contributed by atoms with E-state index in [2.05, 4.69) is 5.53 Å². The molecule has 3 rings (SSSR count). The number of nitrogens with zero attached hydrogens (tertiary/aromatic N) is 2. The summed E-state index contributed by atoms with van der Waals surface area (Å²) in [6.07, 6.45) is 3.52. The number of carbonyl (C=O) groups excluding carboxylic acids is 1. The van der Waals surface area contributed by atoms with Crippen LogP contribution in [0.4, 0.5) is 0 Å². The Hall–Kier alpha value is -2.44. The lowest BCUT2D eigenvalue weighted by molar-refractivity contribution is -0.140. The van der Waals surface area contributed by atoms with Crippen LogP contribution in [0.15, 0.2) is 64.8 Å². The maximum Gasteiger partial charge on any atom is 0.358 e. The smallest absolute Gasteiger partial charge is 0.358 e. The number of likely N-dealkylation sites (N-methyl/N-ethyl adjacent to an activating group) is 1. The summed E-state index contributed by atoms with van der Waals surface area (Å²) in [4.78, 5) is 12.1. The summed E-state index contributed by atoms with van der Waals surface area (Å²) in [6.45, 7) is 2.48. The molecule has 0 radical (unpaired) electrons. The molecule has 126 valence electrons. The lowest BCUT2D eigenvalue weighted by atomic mass is 10.2. The molecule has 0 atom stereocenters. The first-order valence-corrected chi connectivity index (χ1v) is 7.95. The van der Waals surface area contributed by atoms with Gasteiger partial charge in [0, 0.05) is 7.05 Å². The van der Waals surface area contributed by atoms with Crippen LogP contribution in [0.3, 0.4) is 0 Å². The van der Waals surface area contributed by atoms with E-state index in [9.17, 15) is 4.79 Å². The summed E-state index contributed by atoms with van der Waals surface area (Å²) in [7, 11) is 1.72. The van der Waals surface area contributed by atoms with Crippen molar-refractivity contribution in [1.29, 1.82) is 0 Å². The highest BCUT2D eigenvalue weighted by atomic mass is 35.5. The molecule has 2 heterocycles. The average molecular weight is 348 g/mol. The molecule has 24 heavy (non-hydrogen) atoms. The molecule has 0 saturated heterocycles. The Labute approximate surface area is 145 Å². The maximum absolute atomic E-state index is 12.1. The first-order chi connectivity index (χ1) is 11.6. The fraction of sp³-hybridized carbons (Fsp3) is 0.235. The number of ether oxygens (including phenoxy) is 2. The molecule has 0 aliphatic carbocycles. The van der Waals surface area contributed by atoms with Crippen LogP contribution in [0.5, 0.6) is 0 Å². The van der Waals surface area contributed by atoms with Gasteiger partial charge in [0.25, 0.3) is 0 Å². The molecule has 0 bridgehead atoms. The number of hydrazine groups is 2. The first-order valence-electron chi connectivity index (χ1n) is 7.58. The van der Waals surface area contributed by atoms with E-state index in [1.54, 1.807) is 36.1 Å². The maximum atomic E-state index is 12.1. The normalized spacial score (nSPS) is 16.6. The van der Waals surface area contributed by atoms with Gasteiger partial charge in [0.05, 0.1) is 12.3 Å². The molecule has 1 aromatic carbocycles. The van der Waals surface area contributed by atoms with Gasteiger partial charge in [-0.15, -0.1) is 5.53 Å². The third kappa shape index (κ3) is 3.11. The lowest BCUT2D eigenvalue weighted by Gasteiger charge is -2.25. The molecule has 0 unspecified atom stereocenters. The molecule has 2 aliphatic rings. The van der Waals surface area contributed by atoms with Gasteiger partial charge in [-0.05, 0) is 24.6 Å². The van der Waals surface area contributed by atoms with Gasteiger partial charge in [0.1, 0.15) is 6.61 Å². The summed E-state index contributed by atoms with van der Waals surface area (Å²) in [5, 5.41) is 3.52. The lowest BCUT2D eigenvalue weighted by Crippen LogP contribution is -2.39. The van der Waals surface area contributed by atoms with Gasteiger partial charge in [-0.2, -0.15) is 0 Å². The van der Waals surface area contributed by atoms with Crippen molar-refractivity contribution in [3.05, 3.63) is 70.4 Å². The zero-order valence-electron chi connectivity index (χ0n) is 13.5. The minimum Gasteiger partial charge on any atom is -0.486 e.